The average molecular weight is 618 g/mol. The summed E-state index contributed by atoms with van der Waals surface area (Å²) in [5, 5.41) is 6.95. The van der Waals surface area contributed by atoms with E-state index in [0.717, 1.165) is 37.7 Å². The van der Waals surface area contributed by atoms with E-state index >= 15 is 0 Å². The van der Waals surface area contributed by atoms with E-state index in [1.807, 2.05) is 62.9 Å². The van der Waals surface area contributed by atoms with Crippen LogP contribution >= 0.6 is 11.8 Å². The molecule has 2 aliphatic rings. The highest BCUT2D eigenvalue weighted by atomic mass is 32.2. The quantitative estimate of drug-likeness (QED) is 0.151. The van der Waals surface area contributed by atoms with Gasteiger partial charge in [0.1, 0.15) is 6.79 Å². The molecule has 0 bridgehead atoms. The van der Waals surface area contributed by atoms with Crippen molar-refractivity contribution in [3.05, 3.63) is 48.0 Å². The second-order valence-electron chi connectivity index (χ2n) is 11.5. The highest BCUT2D eigenvalue weighted by molar-refractivity contribution is 8.12. The molecular weight excluding hydrogens is 566 g/mol. The third kappa shape index (κ3) is 11.5. The fourth-order valence-corrected chi connectivity index (χ4v) is 5.27. The van der Waals surface area contributed by atoms with E-state index in [2.05, 4.69) is 36.3 Å². The number of rotatable bonds is 12. The Morgan fingerprint density at radius 3 is 2.30 bits per heavy atom. The Kier molecular flexibility index (Phi) is 17.1. The van der Waals surface area contributed by atoms with Gasteiger partial charge in [-0.2, -0.15) is 5.10 Å². The first-order chi connectivity index (χ1) is 20.5. The van der Waals surface area contributed by atoms with Crippen molar-refractivity contribution >= 4 is 41.8 Å². The van der Waals surface area contributed by atoms with Gasteiger partial charge in [-0.1, -0.05) is 88.2 Å². The number of thioether (sulfide) groups is 1. The molecule has 1 aliphatic carbocycles. The van der Waals surface area contributed by atoms with Crippen molar-refractivity contribution < 1.29 is 23.9 Å². The highest BCUT2D eigenvalue weighted by Gasteiger charge is 2.43. The van der Waals surface area contributed by atoms with Gasteiger partial charge in [-0.05, 0) is 46.2 Å². The van der Waals surface area contributed by atoms with Gasteiger partial charge in [0.2, 0.25) is 11.8 Å². The van der Waals surface area contributed by atoms with Gasteiger partial charge in [0, 0.05) is 5.57 Å². The molecule has 3 amide bonds. The zero-order valence-electron chi connectivity index (χ0n) is 26.8. The van der Waals surface area contributed by atoms with Crippen molar-refractivity contribution in [1.29, 1.82) is 0 Å². The molecule has 1 aromatic rings. The molecule has 1 saturated carbocycles. The molecule has 3 rings (SSSR count). The minimum Gasteiger partial charge on any atom is -0.376 e. The summed E-state index contributed by atoms with van der Waals surface area (Å²) < 4.78 is 6.00. The van der Waals surface area contributed by atoms with Gasteiger partial charge in [0.15, 0.2) is 0 Å². The van der Waals surface area contributed by atoms with Gasteiger partial charge in [-0.3, -0.25) is 19.3 Å². The monoisotopic (exact) mass is 617 g/mol. The number of nitrogens with one attached hydrogen (secondary N) is 2. The Morgan fingerprint density at radius 1 is 1.14 bits per heavy atom. The number of amides is 3. The predicted molar refractivity (Wildman–Crippen MR) is 174 cm³/mol. The van der Waals surface area contributed by atoms with E-state index in [-0.39, 0.29) is 17.4 Å². The molecule has 240 valence electrons. The molecule has 1 unspecified atom stereocenters. The van der Waals surface area contributed by atoms with Crippen molar-refractivity contribution in [3.8, 4) is 0 Å². The van der Waals surface area contributed by atoms with Crippen molar-refractivity contribution in [1.82, 2.24) is 20.5 Å². The summed E-state index contributed by atoms with van der Waals surface area (Å²) in [6.45, 7) is 17.0. The van der Waals surface area contributed by atoms with Crippen LogP contribution < -0.4 is 10.7 Å². The van der Waals surface area contributed by atoms with Gasteiger partial charge >= 0.3 is 0 Å². The van der Waals surface area contributed by atoms with Crippen LogP contribution in [0.15, 0.2) is 47.6 Å². The van der Waals surface area contributed by atoms with Crippen LogP contribution in [0.2, 0.25) is 0 Å². The Morgan fingerprint density at radius 2 is 1.74 bits per heavy atom. The second-order valence-corrected chi connectivity index (χ2v) is 12.3. The number of hydrogen-bond donors (Lipinski definition) is 2. The van der Waals surface area contributed by atoms with Crippen LogP contribution in [0, 0.1) is 5.41 Å². The Bertz CT molecular complexity index is 1060. The lowest BCUT2D eigenvalue weighted by atomic mass is 9.73. The number of hydrazone groups is 1. The number of carbonyl (C=O) groups excluding carboxylic acids is 4. The van der Waals surface area contributed by atoms with Gasteiger partial charge in [0.25, 0.3) is 5.91 Å². The molecular formula is C32H51N5O5S. The molecule has 11 heteroatoms. The summed E-state index contributed by atoms with van der Waals surface area (Å²) in [5.74, 6) is -0.0721. The van der Waals surface area contributed by atoms with E-state index in [1.54, 1.807) is 11.8 Å². The maximum Gasteiger partial charge on any atom is 0.268 e. The van der Waals surface area contributed by atoms with Crippen molar-refractivity contribution in [2.75, 3.05) is 26.2 Å². The van der Waals surface area contributed by atoms with Gasteiger partial charge < -0.3 is 19.7 Å². The van der Waals surface area contributed by atoms with E-state index in [0.29, 0.717) is 25.8 Å². The van der Waals surface area contributed by atoms with E-state index in [1.165, 1.54) is 23.7 Å². The molecule has 0 aromatic heterocycles. The maximum atomic E-state index is 13.4. The minimum atomic E-state index is -0.609. The molecule has 1 saturated heterocycles. The summed E-state index contributed by atoms with van der Waals surface area (Å²) in [5.41, 5.74) is 4.11. The first-order valence-corrected chi connectivity index (χ1v) is 15.9. The van der Waals surface area contributed by atoms with E-state index < -0.39 is 22.9 Å². The average Bonchev–Trinajstić information content (AvgIpc) is 3.20. The zero-order chi connectivity index (χ0) is 32.5. The molecule has 1 atom stereocenters. The molecule has 2 fully saturated rings. The van der Waals surface area contributed by atoms with Crippen LogP contribution in [0.5, 0.6) is 0 Å². The SMILES string of the molecule is C=C(C(=O)N/N=C/SCN1CN(C)C(C)(C)C1=O)C(C)NC(=O)C1(COCc2ccccc2)CCCCC1.C=O.CCC. The normalized spacial score (nSPS) is 18.1. The Labute approximate surface area is 262 Å². The molecule has 1 aliphatic heterocycles. The largest absolute Gasteiger partial charge is 0.376 e. The smallest absolute Gasteiger partial charge is 0.268 e. The summed E-state index contributed by atoms with van der Waals surface area (Å²) in [6.07, 6.45) is 5.82. The van der Waals surface area contributed by atoms with Gasteiger partial charge in [-0.15, -0.1) is 0 Å². The number of benzene rings is 1. The van der Waals surface area contributed by atoms with Gasteiger partial charge in [0.05, 0.1) is 48.3 Å². The van der Waals surface area contributed by atoms with Crippen molar-refractivity contribution in [2.45, 2.75) is 91.3 Å². The first kappa shape index (κ1) is 38.0. The second kappa shape index (κ2) is 19.3. The number of carbonyl (C=O) groups is 4. The lowest BCUT2D eigenvalue weighted by molar-refractivity contribution is -0.138. The zero-order valence-corrected chi connectivity index (χ0v) is 27.6. The third-order valence-electron chi connectivity index (χ3n) is 7.62. The maximum absolute atomic E-state index is 13.4. The standard InChI is InChI=1S/C28H41N5O4S.C3H8.CH2O/c1-21(24(34)31-29-18-38-20-33-19-32(5)27(3,4)26(33)36)22(2)30-25(35)28(14-10-7-11-15-28)17-37-16-23-12-8-6-9-13-23;1-3-2;1-2/h6,8-9,12-13,18,22H,1,7,10-11,14-17,19-20H2,2-5H3,(H,30,35)(H,31,34);3H2,1-2H3;1H2/b29-18+;;. The van der Waals surface area contributed by atoms with Crippen LogP contribution in [0.1, 0.15) is 78.7 Å². The van der Waals surface area contributed by atoms with E-state index in [4.69, 9.17) is 9.53 Å². The Hall–Kier alpha value is -3.02. The van der Waals surface area contributed by atoms with Crippen LogP contribution in [0.3, 0.4) is 0 Å². The lowest BCUT2D eigenvalue weighted by Gasteiger charge is -2.36. The fraction of sp³-hybridized carbons (Fsp3) is 0.594. The molecule has 43 heavy (non-hydrogen) atoms. The summed E-state index contributed by atoms with van der Waals surface area (Å²) in [6, 6.07) is 9.35. The molecule has 0 spiro atoms. The molecule has 1 heterocycles. The summed E-state index contributed by atoms with van der Waals surface area (Å²) >= 11 is 1.31. The summed E-state index contributed by atoms with van der Waals surface area (Å²) in [7, 11) is 1.91. The van der Waals surface area contributed by atoms with Crippen LogP contribution in [-0.4, -0.2) is 77.6 Å². The Balaban J connectivity index is 0.00000174. The highest BCUT2D eigenvalue weighted by Crippen LogP contribution is 2.37. The molecule has 0 radical (unpaired) electrons. The van der Waals surface area contributed by atoms with Crippen molar-refractivity contribution in [3.63, 3.8) is 0 Å². The van der Waals surface area contributed by atoms with Crippen LogP contribution in [0.4, 0.5) is 0 Å². The number of ether oxygens (including phenoxy) is 1. The van der Waals surface area contributed by atoms with Crippen LogP contribution in [0.25, 0.3) is 0 Å². The number of nitrogens with zero attached hydrogens (tertiary/aromatic N) is 3. The molecule has 1 aromatic carbocycles. The third-order valence-corrected chi connectivity index (χ3v) is 8.33. The van der Waals surface area contributed by atoms with Gasteiger partial charge in [-0.25, -0.2) is 5.43 Å². The minimum absolute atomic E-state index is 0.0593. The molecule has 10 nitrogen and oxygen atoms in total. The van der Waals surface area contributed by atoms with Crippen molar-refractivity contribution in [2.24, 2.45) is 10.5 Å². The topological polar surface area (TPSA) is 120 Å². The van der Waals surface area contributed by atoms with E-state index in [9.17, 15) is 14.4 Å². The van der Waals surface area contributed by atoms with Crippen LogP contribution in [-0.2, 0) is 30.5 Å². The number of likely N-dealkylation sites (N-methyl/N-ethyl adjacent to an activating group) is 1. The first-order valence-electron chi connectivity index (χ1n) is 14.8. The number of hydrogen-bond acceptors (Lipinski definition) is 8. The fourth-order valence-electron chi connectivity index (χ4n) is 4.70. The summed E-state index contributed by atoms with van der Waals surface area (Å²) in [4.78, 5) is 50.1. The molecule has 2 N–H and O–H groups in total. The lowest BCUT2D eigenvalue weighted by Crippen LogP contribution is -2.49. The predicted octanol–water partition coefficient (Wildman–Crippen LogP) is 4.71.